The third kappa shape index (κ3) is 7.52. The number of ketones is 1. The first kappa shape index (κ1) is 22.2. The van der Waals surface area contributed by atoms with Gasteiger partial charge in [-0.2, -0.15) is 11.8 Å². The van der Waals surface area contributed by atoms with Crippen LogP contribution in [0.15, 0.2) is 48.6 Å². The number of aryl methyl sites for hydroxylation is 1. The van der Waals surface area contributed by atoms with E-state index in [9.17, 15) is 14.7 Å². The van der Waals surface area contributed by atoms with Gasteiger partial charge in [-0.15, -0.1) is 0 Å². The smallest absolute Gasteiger partial charge is 0.303 e. The highest BCUT2D eigenvalue weighted by molar-refractivity contribution is 8.00. The van der Waals surface area contributed by atoms with Crippen LogP contribution in [0.3, 0.4) is 0 Å². The lowest BCUT2D eigenvalue weighted by atomic mass is 10.0. The molecule has 0 bridgehead atoms. The van der Waals surface area contributed by atoms with Crippen molar-refractivity contribution in [1.29, 1.82) is 0 Å². The first-order valence-corrected chi connectivity index (χ1v) is 10.6. The van der Waals surface area contributed by atoms with Crippen LogP contribution < -0.4 is 4.74 Å². The van der Waals surface area contributed by atoms with Crippen LogP contribution in [0.1, 0.15) is 31.2 Å². The third-order valence-corrected chi connectivity index (χ3v) is 5.98. The molecule has 0 saturated heterocycles. The van der Waals surface area contributed by atoms with Gasteiger partial charge in [0.1, 0.15) is 12.4 Å². The number of unbranched alkanes of at least 4 members (excludes halogenated alkanes) is 1. The summed E-state index contributed by atoms with van der Waals surface area (Å²) in [7, 11) is 0. The normalized spacial score (nSPS) is 20.0. The highest BCUT2D eigenvalue weighted by atomic mass is 32.2. The highest BCUT2D eigenvalue weighted by Crippen LogP contribution is 2.31. The number of ether oxygens (including phenoxy) is 1. The Hall–Kier alpha value is -2.05. The number of rotatable bonds is 12. The molecule has 5 nitrogen and oxygen atoms in total. The van der Waals surface area contributed by atoms with Gasteiger partial charge in [-0.25, -0.2) is 0 Å². The first-order chi connectivity index (χ1) is 13.5. The SMILES string of the molecule is Cc1ccccc1OCC(O)CSC1C=CC(=O)C1C/C=C\CCCC(=O)O. The van der Waals surface area contributed by atoms with E-state index in [2.05, 4.69) is 0 Å². The minimum absolute atomic E-state index is 0.0456. The summed E-state index contributed by atoms with van der Waals surface area (Å²) in [5.41, 5.74) is 1.03. The quantitative estimate of drug-likeness (QED) is 0.407. The van der Waals surface area contributed by atoms with E-state index in [1.807, 2.05) is 49.4 Å². The number of para-hydroxylation sites is 1. The molecular formula is C22H28O5S. The van der Waals surface area contributed by atoms with Gasteiger partial charge >= 0.3 is 5.97 Å². The number of carbonyl (C=O) groups is 2. The number of hydrogen-bond acceptors (Lipinski definition) is 5. The van der Waals surface area contributed by atoms with E-state index in [1.54, 1.807) is 17.8 Å². The van der Waals surface area contributed by atoms with Gasteiger partial charge in [-0.3, -0.25) is 9.59 Å². The van der Waals surface area contributed by atoms with Gasteiger partial charge in [-0.1, -0.05) is 36.4 Å². The molecule has 1 aromatic carbocycles. The number of benzene rings is 1. The second-order valence-corrected chi connectivity index (χ2v) is 8.10. The number of hydrogen-bond donors (Lipinski definition) is 2. The van der Waals surface area contributed by atoms with E-state index in [4.69, 9.17) is 9.84 Å². The zero-order chi connectivity index (χ0) is 20.4. The van der Waals surface area contributed by atoms with Crippen molar-refractivity contribution >= 4 is 23.5 Å². The van der Waals surface area contributed by atoms with Gasteiger partial charge in [0.2, 0.25) is 0 Å². The molecule has 0 amide bonds. The van der Waals surface area contributed by atoms with E-state index in [1.165, 1.54) is 0 Å². The van der Waals surface area contributed by atoms with Crippen molar-refractivity contribution in [3.05, 3.63) is 54.1 Å². The molecule has 6 heteroatoms. The molecule has 3 unspecified atom stereocenters. The van der Waals surface area contributed by atoms with Crippen LogP contribution in [-0.4, -0.2) is 45.7 Å². The number of carbonyl (C=O) groups excluding carboxylic acids is 1. The van der Waals surface area contributed by atoms with Crippen LogP contribution in [0.2, 0.25) is 0 Å². The number of aliphatic carboxylic acids is 1. The molecule has 1 aliphatic carbocycles. The maximum atomic E-state index is 12.1. The molecule has 2 N–H and O–H groups in total. The molecule has 2 rings (SSSR count). The number of aliphatic hydroxyl groups is 1. The zero-order valence-corrected chi connectivity index (χ0v) is 16.9. The fourth-order valence-corrected chi connectivity index (χ4v) is 4.15. The molecule has 0 saturated carbocycles. The average molecular weight is 405 g/mol. The minimum atomic E-state index is -0.787. The van der Waals surface area contributed by atoms with Gasteiger partial charge in [0.25, 0.3) is 0 Å². The maximum absolute atomic E-state index is 12.1. The molecule has 0 fully saturated rings. The molecule has 152 valence electrons. The molecule has 0 radical (unpaired) electrons. The Morgan fingerprint density at radius 3 is 2.86 bits per heavy atom. The fourth-order valence-electron chi connectivity index (χ4n) is 2.94. The standard InChI is InChI=1S/C22H28O5S/c1-16-8-6-7-10-20(16)27-14-17(23)15-28-21-13-12-19(24)18(21)9-4-2-3-5-11-22(25)26/h2,4,6-8,10,12-13,17-18,21,23H,3,5,9,11,14-15H2,1H3,(H,25,26)/b4-2-. The topological polar surface area (TPSA) is 83.8 Å². The number of thioether (sulfide) groups is 1. The van der Waals surface area contributed by atoms with Crippen molar-refractivity contribution in [2.75, 3.05) is 12.4 Å². The Balaban J connectivity index is 1.71. The lowest BCUT2D eigenvalue weighted by Crippen LogP contribution is -2.24. The maximum Gasteiger partial charge on any atom is 0.303 e. The number of allylic oxidation sites excluding steroid dienone is 3. The average Bonchev–Trinajstić information content (AvgIpc) is 3.01. The molecule has 1 aliphatic rings. The second-order valence-electron chi connectivity index (χ2n) is 6.89. The van der Waals surface area contributed by atoms with Crippen molar-refractivity contribution in [3.63, 3.8) is 0 Å². The summed E-state index contributed by atoms with van der Waals surface area (Å²) in [4.78, 5) is 22.6. The van der Waals surface area contributed by atoms with Crippen LogP contribution >= 0.6 is 11.8 Å². The van der Waals surface area contributed by atoms with E-state index >= 15 is 0 Å². The lowest BCUT2D eigenvalue weighted by Gasteiger charge is -2.19. The zero-order valence-electron chi connectivity index (χ0n) is 16.1. The summed E-state index contributed by atoms with van der Waals surface area (Å²) in [5.74, 6) is 0.467. The second kappa shape index (κ2) is 11.7. The lowest BCUT2D eigenvalue weighted by molar-refractivity contribution is -0.137. The van der Waals surface area contributed by atoms with E-state index in [-0.39, 0.29) is 30.0 Å². The molecule has 28 heavy (non-hydrogen) atoms. The predicted molar refractivity (Wildman–Crippen MR) is 112 cm³/mol. The minimum Gasteiger partial charge on any atom is -0.491 e. The summed E-state index contributed by atoms with van der Waals surface area (Å²) < 4.78 is 5.68. The van der Waals surface area contributed by atoms with Crippen LogP contribution in [0, 0.1) is 12.8 Å². The van der Waals surface area contributed by atoms with E-state index in [0.717, 1.165) is 11.3 Å². The monoisotopic (exact) mass is 404 g/mol. The Labute approximate surface area is 170 Å². The highest BCUT2D eigenvalue weighted by Gasteiger charge is 2.29. The van der Waals surface area contributed by atoms with Crippen molar-refractivity contribution in [2.24, 2.45) is 5.92 Å². The Morgan fingerprint density at radius 1 is 1.32 bits per heavy atom. The van der Waals surface area contributed by atoms with Crippen LogP contribution in [0.4, 0.5) is 0 Å². The summed E-state index contributed by atoms with van der Waals surface area (Å²) in [6.07, 6.45) is 8.93. The summed E-state index contributed by atoms with van der Waals surface area (Å²) in [5, 5.41) is 18.9. The van der Waals surface area contributed by atoms with Crippen LogP contribution in [-0.2, 0) is 9.59 Å². The molecular weight excluding hydrogens is 376 g/mol. The summed E-state index contributed by atoms with van der Waals surface area (Å²) in [6.45, 7) is 2.18. The number of aliphatic hydroxyl groups excluding tert-OH is 1. The first-order valence-electron chi connectivity index (χ1n) is 9.54. The third-order valence-electron chi connectivity index (χ3n) is 4.54. The van der Waals surface area contributed by atoms with Gasteiger partial charge in [0.15, 0.2) is 5.78 Å². The molecule has 0 heterocycles. The van der Waals surface area contributed by atoms with Crippen LogP contribution in [0.25, 0.3) is 0 Å². The summed E-state index contributed by atoms with van der Waals surface area (Å²) in [6, 6.07) is 7.69. The van der Waals surface area contributed by atoms with Crippen molar-refractivity contribution in [3.8, 4) is 5.75 Å². The Bertz CT molecular complexity index is 713. The van der Waals surface area contributed by atoms with Crippen LogP contribution in [0.5, 0.6) is 5.75 Å². The van der Waals surface area contributed by atoms with E-state index in [0.29, 0.717) is 25.0 Å². The summed E-state index contributed by atoms with van der Waals surface area (Å²) >= 11 is 1.57. The molecule has 1 aromatic rings. The largest absolute Gasteiger partial charge is 0.491 e. The molecule has 0 aliphatic heterocycles. The predicted octanol–water partition coefficient (Wildman–Crippen LogP) is 3.79. The van der Waals surface area contributed by atoms with Crippen molar-refractivity contribution < 1.29 is 24.5 Å². The van der Waals surface area contributed by atoms with Crippen molar-refractivity contribution in [1.82, 2.24) is 0 Å². The number of carboxylic acid groups (broad SMARTS) is 1. The Morgan fingerprint density at radius 2 is 2.11 bits per heavy atom. The Kier molecular flexibility index (Phi) is 9.31. The van der Waals surface area contributed by atoms with Gasteiger partial charge in [0, 0.05) is 23.3 Å². The molecule has 0 spiro atoms. The van der Waals surface area contributed by atoms with Gasteiger partial charge in [0.05, 0.1) is 6.10 Å². The number of carboxylic acids is 1. The van der Waals surface area contributed by atoms with Gasteiger partial charge < -0.3 is 14.9 Å². The van der Waals surface area contributed by atoms with Crippen molar-refractivity contribution in [2.45, 2.75) is 44.0 Å². The van der Waals surface area contributed by atoms with Gasteiger partial charge in [-0.05, 0) is 43.9 Å². The molecule has 3 atom stereocenters. The molecule has 0 aromatic heterocycles. The van der Waals surface area contributed by atoms with E-state index < -0.39 is 12.1 Å². The fraction of sp³-hybridized carbons (Fsp3) is 0.455.